The fourth-order valence-electron chi connectivity index (χ4n) is 1.97. The minimum Gasteiger partial charge on any atom is -0.469 e. The normalized spacial score (nSPS) is 23.1. The molecule has 0 fully saturated rings. The molecule has 0 saturated heterocycles. The second-order valence-electron chi connectivity index (χ2n) is 4.52. The van der Waals surface area contributed by atoms with Crippen LogP contribution >= 0.6 is 0 Å². The number of halogens is 3. The molecule has 1 aromatic heterocycles. The first kappa shape index (κ1) is 14.6. The van der Waals surface area contributed by atoms with Crippen LogP contribution in [0.1, 0.15) is 35.9 Å². The van der Waals surface area contributed by atoms with Gasteiger partial charge in [-0.1, -0.05) is 6.92 Å². The summed E-state index contributed by atoms with van der Waals surface area (Å²) in [5, 5.41) is 13.6. The lowest BCUT2D eigenvalue weighted by Gasteiger charge is -2.32. The molecule has 1 aliphatic heterocycles. The summed E-state index contributed by atoms with van der Waals surface area (Å²) in [4.78, 5) is 12.2. The van der Waals surface area contributed by atoms with E-state index in [0.717, 1.165) is 0 Å². The van der Waals surface area contributed by atoms with Crippen LogP contribution in [0.15, 0.2) is 21.8 Å². The van der Waals surface area contributed by atoms with E-state index in [-0.39, 0.29) is 28.5 Å². The number of alkyl halides is 3. The minimum absolute atomic E-state index is 0.0613. The highest BCUT2D eigenvalue weighted by atomic mass is 19.4. The van der Waals surface area contributed by atoms with Gasteiger partial charge in [0.05, 0.1) is 11.8 Å². The maximum absolute atomic E-state index is 13.1. The summed E-state index contributed by atoms with van der Waals surface area (Å²) in [7, 11) is 0. The lowest BCUT2D eigenvalue weighted by Crippen LogP contribution is -2.56. The summed E-state index contributed by atoms with van der Waals surface area (Å²) in [5.74, 6) is -0.876. The molecule has 1 amide bonds. The van der Waals surface area contributed by atoms with E-state index in [1.54, 1.807) is 6.92 Å². The van der Waals surface area contributed by atoms with Crippen molar-refractivity contribution in [3.63, 3.8) is 0 Å². The Morgan fingerprint density at radius 2 is 2.25 bits per heavy atom. The van der Waals surface area contributed by atoms with Gasteiger partial charge in [-0.05, 0) is 19.4 Å². The monoisotopic (exact) mass is 290 g/mol. The van der Waals surface area contributed by atoms with Gasteiger partial charge in [0.15, 0.2) is 0 Å². The van der Waals surface area contributed by atoms with Gasteiger partial charge in [0, 0.05) is 12.1 Å². The van der Waals surface area contributed by atoms with Gasteiger partial charge in [-0.3, -0.25) is 4.79 Å². The molecule has 20 heavy (non-hydrogen) atoms. The molecule has 2 rings (SSSR count). The zero-order valence-corrected chi connectivity index (χ0v) is 10.9. The first-order valence-corrected chi connectivity index (χ1v) is 5.95. The van der Waals surface area contributed by atoms with Gasteiger partial charge in [0.2, 0.25) is 0 Å². The van der Waals surface area contributed by atoms with E-state index in [4.69, 9.17) is 4.42 Å². The van der Waals surface area contributed by atoms with E-state index in [2.05, 4.69) is 5.10 Å². The Labute approximate surface area is 112 Å². The molecule has 0 saturated carbocycles. The zero-order valence-electron chi connectivity index (χ0n) is 10.9. The number of carbonyl (C=O) groups excluding carboxylic acids is 1. The molecule has 1 atom stereocenters. The Morgan fingerprint density at radius 1 is 1.60 bits per heavy atom. The molecule has 0 radical (unpaired) electrons. The number of hydrogen-bond acceptors (Lipinski definition) is 4. The molecular formula is C12H13F3N2O3. The van der Waals surface area contributed by atoms with E-state index in [1.165, 1.54) is 19.3 Å². The standard InChI is InChI=1S/C12H13F3N2O3/c1-3-8-6-11(19,12(13,14)15)17(16-8)10(18)9-4-5-20-7(9)2/h4-5,19H,3,6H2,1-2H3/t11-/m1/s1. The Balaban J connectivity index is 2.43. The van der Waals surface area contributed by atoms with Crippen LogP contribution in [0.3, 0.4) is 0 Å². The largest absolute Gasteiger partial charge is 0.469 e. The highest BCUT2D eigenvalue weighted by Gasteiger charge is 2.63. The third-order valence-electron chi connectivity index (χ3n) is 3.19. The average molecular weight is 290 g/mol. The topological polar surface area (TPSA) is 66.0 Å². The van der Waals surface area contributed by atoms with Gasteiger partial charge < -0.3 is 9.52 Å². The number of furan rings is 1. The number of nitrogens with zero attached hydrogens (tertiary/aromatic N) is 2. The predicted octanol–water partition coefficient (Wildman–Crippen LogP) is 2.45. The Hall–Kier alpha value is -1.83. The van der Waals surface area contributed by atoms with Crippen LogP contribution in [0, 0.1) is 6.92 Å². The molecule has 8 heteroatoms. The Bertz CT molecular complexity index is 565. The van der Waals surface area contributed by atoms with Gasteiger partial charge in [0.1, 0.15) is 5.76 Å². The second kappa shape index (κ2) is 4.62. The van der Waals surface area contributed by atoms with Crippen LogP contribution in [0.2, 0.25) is 0 Å². The summed E-state index contributed by atoms with van der Waals surface area (Å²) in [6, 6.07) is 1.24. The molecule has 1 aliphatic rings. The fourth-order valence-corrected chi connectivity index (χ4v) is 1.97. The van der Waals surface area contributed by atoms with Crippen molar-refractivity contribution in [1.82, 2.24) is 5.01 Å². The smallest absolute Gasteiger partial charge is 0.438 e. The number of carbonyl (C=O) groups is 1. The van der Waals surface area contributed by atoms with E-state index < -0.39 is 24.2 Å². The van der Waals surface area contributed by atoms with Gasteiger partial charge in [-0.2, -0.15) is 23.3 Å². The number of aliphatic hydroxyl groups is 1. The van der Waals surface area contributed by atoms with Crippen molar-refractivity contribution >= 4 is 11.6 Å². The molecule has 1 aromatic rings. The molecule has 1 N–H and O–H groups in total. The number of rotatable bonds is 2. The fraction of sp³-hybridized carbons (Fsp3) is 0.500. The third kappa shape index (κ3) is 2.09. The summed E-state index contributed by atoms with van der Waals surface area (Å²) in [5.41, 5.74) is -3.26. The minimum atomic E-state index is -5.00. The van der Waals surface area contributed by atoms with Crippen LogP contribution in [0.25, 0.3) is 0 Å². The van der Waals surface area contributed by atoms with Crippen LogP contribution in [-0.2, 0) is 0 Å². The Morgan fingerprint density at radius 3 is 2.70 bits per heavy atom. The van der Waals surface area contributed by atoms with Crippen molar-refractivity contribution in [2.24, 2.45) is 5.10 Å². The van der Waals surface area contributed by atoms with Crippen LogP contribution in [-0.4, -0.2) is 33.6 Å². The number of hydrogen-bond donors (Lipinski definition) is 1. The van der Waals surface area contributed by atoms with Crippen molar-refractivity contribution in [2.45, 2.75) is 38.6 Å². The first-order chi connectivity index (χ1) is 9.20. The van der Waals surface area contributed by atoms with Crippen LogP contribution < -0.4 is 0 Å². The van der Waals surface area contributed by atoms with Gasteiger partial charge in [-0.25, -0.2) is 0 Å². The van der Waals surface area contributed by atoms with E-state index >= 15 is 0 Å². The van der Waals surface area contributed by atoms with Crippen molar-refractivity contribution in [2.75, 3.05) is 0 Å². The highest BCUT2D eigenvalue weighted by Crippen LogP contribution is 2.41. The molecule has 0 bridgehead atoms. The number of aryl methyl sites for hydroxylation is 1. The summed E-state index contributed by atoms with van der Waals surface area (Å²) in [6.45, 7) is 3.05. The van der Waals surface area contributed by atoms with Gasteiger partial charge >= 0.3 is 6.18 Å². The summed E-state index contributed by atoms with van der Waals surface area (Å²) in [6.07, 6.45) is -4.33. The van der Waals surface area contributed by atoms with Crippen LogP contribution in [0.4, 0.5) is 13.2 Å². The molecular weight excluding hydrogens is 277 g/mol. The average Bonchev–Trinajstić information content (AvgIpc) is 2.92. The summed E-state index contributed by atoms with van der Waals surface area (Å²) >= 11 is 0. The Kier molecular flexibility index (Phi) is 3.37. The molecule has 5 nitrogen and oxygen atoms in total. The van der Waals surface area contributed by atoms with Crippen LogP contribution in [0.5, 0.6) is 0 Å². The molecule has 0 aliphatic carbocycles. The van der Waals surface area contributed by atoms with Crippen molar-refractivity contribution in [1.29, 1.82) is 0 Å². The number of amides is 1. The third-order valence-corrected chi connectivity index (χ3v) is 3.19. The van der Waals surface area contributed by atoms with Crippen molar-refractivity contribution < 1.29 is 27.5 Å². The van der Waals surface area contributed by atoms with Gasteiger partial charge in [-0.15, -0.1) is 0 Å². The lowest BCUT2D eigenvalue weighted by atomic mass is 10.0. The predicted molar refractivity (Wildman–Crippen MR) is 63.0 cm³/mol. The van der Waals surface area contributed by atoms with E-state index in [0.29, 0.717) is 0 Å². The maximum Gasteiger partial charge on any atom is 0.438 e. The zero-order chi connectivity index (χ0) is 15.1. The lowest BCUT2D eigenvalue weighted by molar-refractivity contribution is -0.297. The highest BCUT2D eigenvalue weighted by molar-refractivity contribution is 5.98. The van der Waals surface area contributed by atoms with E-state index in [1.807, 2.05) is 0 Å². The second-order valence-corrected chi connectivity index (χ2v) is 4.52. The summed E-state index contributed by atoms with van der Waals surface area (Å²) < 4.78 is 44.1. The van der Waals surface area contributed by atoms with Gasteiger partial charge in [0.25, 0.3) is 11.6 Å². The molecule has 0 aromatic carbocycles. The van der Waals surface area contributed by atoms with Crippen molar-refractivity contribution in [3.05, 3.63) is 23.7 Å². The molecule has 2 heterocycles. The van der Waals surface area contributed by atoms with Crippen molar-refractivity contribution in [3.8, 4) is 0 Å². The molecule has 0 spiro atoms. The maximum atomic E-state index is 13.1. The first-order valence-electron chi connectivity index (χ1n) is 5.95. The SMILES string of the molecule is CCC1=NN(C(=O)c2ccoc2C)[C@](O)(C(F)(F)F)C1. The molecule has 110 valence electrons. The molecule has 0 unspecified atom stereocenters. The quantitative estimate of drug-likeness (QED) is 0.909. The number of hydrazone groups is 1. The van der Waals surface area contributed by atoms with E-state index in [9.17, 15) is 23.1 Å².